The standard InChI is InChI=1S/C15H19N3/c1-3-12-7-5-8-13(4-2)15(12)18-11-14-16-9-6-10-17-14/h5-10,18H,3-4,11H2,1-2H3. The molecule has 0 saturated heterocycles. The highest BCUT2D eigenvalue weighted by molar-refractivity contribution is 5.57. The molecule has 0 bridgehead atoms. The monoisotopic (exact) mass is 241 g/mol. The van der Waals surface area contributed by atoms with Gasteiger partial charge in [0.1, 0.15) is 5.82 Å². The Morgan fingerprint density at radius 2 is 1.56 bits per heavy atom. The average molecular weight is 241 g/mol. The predicted octanol–water partition coefficient (Wildman–Crippen LogP) is 3.21. The van der Waals surface area contributed by atoms with Crippen molar-refractivity contribution in [3.63, 3.8) is 0 Å². The Kier molecular flexibility index (Phi) is 4.29. The molecule has 0 radical (unpaired) electrons. The lowest BCUT2D eigenvalue weighted by molar-refractivity contribution is 0.937. The lowest BCUT2D eigenvalue weighted by Gasteiger charge is -2.14. The Morgan fingerprint density at radius 1 is 0.944 bits per heavy atom. The van der Waals surface area contributed by atoms with Crippen molar-refractivity contribution >= 4 is 5.69 Å². The molecule has 94 valence electrons. The first-order valence-corrected chi connectivity index (χ1v) is 6.45. The number of nitrogens with zero attached hydrogens (tertiary/aromatic N) is 2. The van der Waals surface area contributed by atoms with Gasteiger partial charge in [-0.25, -0.2) is 9.97 Å². The molecular weight excluding hydrogens is 222 g/mol. The van der Waals surface area contributed by atoms with Gasteiger partial charge in [-0.3, -0.25) is 0 Å². The zero-order chi connectivity index (χ0) is 12.8. The van der Waals surface area contributed by atoms with Gasteiger partial charge in [0.2, 0.25) is 0 Å². The zero-order valence-corrected chi connectivity index (χ0v) is 11.0. The smallest absolute Gasteiger partial charge is 0.147 e. The molecular formula is C15H19N3. The van der Waals surface area contributed by atoms with Gasteiger partial charge in [-0.2, -0.15) is 0 Å². The van der Waals surface area contributed by atoms with Gasteiger partial charge >= 0.3 is 0 Å². The molecule has 0 spiro atoms. The Morgan fingerprint density at radius 3 is 2.11 bits per heavy atom. The van der Waals surface area contributed by atoms with Crippen molar-refractivity contribution in [3.8, 4) is 0 Å². The summed E-state index contributed by atoms with van der Waals surface area (Å²) in [5.41, 5.74) is 3.95. The fraction of sp³-hybridized carbons (Fsp3) is 0.333. The third-order valence-electron chi connectivity index (χ3n) is 3.04. The molecule has 0 unspecified atom stereocenters. The molecule has 2 rings (SSSR count). The minimum absolute atomic E-state index is 0.671. The van der Waals surface area contributed by atoms with Crippen LogP contribution in [0.2, 0.25) is 0 Å². The largest absolute Gasteiger partial charge is 0.377 e. The first kappa shape index (κ1) is 12.6. The van der Waals surface area contributed by atoms with E-state index in [1.807, 2.05) is 6.07 Å². The zero-order valence-electron chi connectivity index (χ0n) is 11.0. The van der Waals surface area contributed by atoms with Gasteiger partial charge in [0.15, 0.2) is 0 Å². The fourth-order valence-corrected chi connectivity index (χ4v) is 2.06. The number of benzene rings is 1. The van der Waals surface area contributed by atoms with Crippen LogP contribution in [-0.4, -0.2) is 9.97 Å². The number of aryl methyl sites for hydroxylation is 2. The molecule has 0 aliphatic carbocycles. The highest BCUT2D eigenvalue weighted by Crippen LogP contribution is 2.22. The molecule has 0 fully saturated rings. The molecule has 2 aromatic rings. The van der Waals surface area contributed by atoms with Crippen LogP contribution in [0, 0.1) is 0 Å². The lowest BCUT2D eigenvalue weighted by atomic mass is 10.0. The number of hydrogen-bond acceptors (Lipinski definition) is 3. The van der Waals surface area contributed by atoms with Crippen LogP contribution in [0.5, 0.6) is 0 Å². The van der Waals surface area contributed by atoms with Crippen molar-refractivity contribution in [2.45, 2.75) is 33.2 Å². The van der Waals surface area contributed by atoms with Crippen LogP contribution < -0.4 is 5.32 Å². The van der Waals surface area contributed by atoms with Crippen molar-refractivity contribution in [1.82, 2.24) is 9.97 Å². The third-order valence-corrected chi connectivity index (χ3v) is 3.04. The van der Waals surface area contributed by atoms with Crippen LogP contribution in [0.3, 0.4) is 0 Å². The number of para-hydroxylation sites is 1. The number of anilines is 1. The third kappa shape index (κ3) is 2.86. The van der Waals surface area contributed by atoms with Gasteiger partial charge < -0.3 is 5.32 Å². The van der Waals surface area contributed by atoms with Crippen LogP contribution in [0.15, 0.2) is 36.7 Å². The molecule has 1 heterocycles. The minimum atomic E-state index is 0.671. The first-order chi connectivity index (χ1) is 8.85. The van der Waals surface area contributed by atoms with Crippen molar-refractivity contribution in [2.75, 3.05) is 5.32 Å². The van der Waals surface area contributed by atoms with E-state index in [9.17, 15) is 0 Å². The summed E-state index contributed by atoms with van der Waals surface area (Å²) in [4.78, 5) is 8.46. The Hall–Kier alpha value is -1.90. The molecule has 0 amide bonds. The fourth-order valence-electron chi connectivity index (χ4n) is 2.06. The maximum Gasteiger partial charge on any atom is 0.147 e. The second-order valence-corrected chi connectivity index (χ2v) is 4.18. The number of nitrogens with one attached hydrogen (secondary N) is 1. The quantitative estimate of drug-likeness (QED) is 0.873. The van der Waals surface area contributed by atoms with Crippen LogP contribution >= 0.6 is 0 Å². The molecule has 1 aromatic carbocycles. The second-order valence-electron chi connectivity index (χ2n) is 4.18. The molecule has 0 aliphatic rings. The van der Waals surface area contributed by atoms with Crippen LogP contribution in [-0.2, 0) is 19.4 Å². The lowest BCUT2D eigenvalue weighted by Crippen LogP contribution is -2.07. The minimum Gasteiger partial charge on any atom is -0.377 e. The Balaban J connectivity index is 2.17. The summed E-state index contributed by atoms with van der Waals surface area (Å²) in [7, 11) is 0. The molecule has 0 aliphatic heterocycles. The van der Waals surface area contributed by atoms with E-state index in [2.05, 4.69) is 47.3 Å². The van der Waals surface area contributed by atoms with Gasteiger partial charge in [0.05, 0.1) is 6.54 Å². The van der Waals surface area contributed by atoms with E-state index >= 15 is 0 Å². The maximum absolute atomic E-state index is 4.23. The Labute approximate surface area is 108 Å². The van der Waals surface area contributed by atoms with Gasteiger partial charge in [-0.15, -0.1) is 0 Å². The topological polar surface area (TPSA) is 37.8 Å². The van der Waals surface area contributed by atoms with Crippen molar-refractivity contribution < 1.29 is 0 Å². The van der Waals surface area contributed by atoms with Gasteiger partial charge in [-0.05, 0) is 30.0 Å². The summed E-state index contributed by atoms with van der Waals surface area (Å²) in [5, 5.41) is 3.47. The van der Waals surface area contributed by atoms with Crippen LogP contribution in [0.25, 0.3) is 0 Å². The van der Waals surface area contributed by atoms with E-state index in [1.54, 1.807) is 12.4 Å². The van der Waals surface area contributed by atoms with E-state index in [0.717, 1.165) is 18.7 Å². The Bertz CT molecular complexity index is 472. The molecule has 1 aromatic heterocycles. The molecule has 0 atom stereocenters. The van der Waals surface area contributed by atoms with Crippen molar-refractivity contribution in [1.29, 1.82) is 0 Å². The van der Waals surface area contributed by atoms with E-state index in [1.165, 1.54) is 16.8 Å². The number of rotatable bonds is 5. The summed E-state index contributed by atoms with van der Waals surface area (Å²) in [6, 6.07) is 8.31. The molecule has 3 heteroatoms. The normalized spacial score (nSPS) is 10.3. The summed E-state index contributed by atoms with van der Waals surface area (Å²) in [6.45, 7) is 5.03. The number of hydrogen-bond donors (Lipinski definition) is 1. The van der Waals surface area contributed by atoms with E-state index in [-0.39, 0.29) is 0 Å². The van der Waals surface area contributed by atoms with Crippen LogP contribution in [0.1, 0.15) is 30.8 Å². The number of aromatic nitrogens is 2. The summed E-state index contributed by atoms with van der Waals surface area (Å²) in [5.74, 6) is 0.824. The molecule has 1 N–H and O–H groups in total. The molecule has 18 heavy (non-hydrogen) atoms. The summed E-state index contributed by atoms with van der Waals surface area (Å²) < 4.78 is 0. The maximum atomic E-state index is 4.23. The van der Waals surface area contributed by atoms with E-state index in [0.29, 0.717) is 6.54 Å². The first-order valence-electron chi connectivity index (χ1n) is 6.45. The van der Waals surface area contributed by atoms with Crippen molar-refractivity contribution in [3.05, 3.63) is 53.6 Å². The average Bonchev–Trinajstić information content (AvgIpc) is 2.45. The van der Waals surface area contributed by atoms with E-state index in [4.69, 9.17) is 0 Å². The van der Waals surface area contributed by atoms with Gasteiger partial charge in [0.25, 0.3) is 0 Å². The molecule has 0 saturated carbocycles. The second kappa shape index (κ2) is 6.15. The summed E-state index contributed by atoms with van der Waals surface area (Å²) >= 11 is 0. The highest BCUT2D eigenvalue weighted by atomic mass is 15.0. The SMILES string of the molecule is CCc1cccc(CC)c1NCc1ncccn1. The predicted molar refractivity (Wildman–Crippen MR) is 74.6 cm³/mol. The van der Waals surface area contributed by atoms with Crippen molar-refractivity contribution in [2.24, 2.45) is 0 Å². The van der Waals surface area contributed by atoms with Gasteiger partial charge in [-0.1, -0.05) is 32.0 Å². The van der Waals surface area contributed by atoms with E-state index < -0.39 is 0 Å². The highest BCUT2D eigenvalue weighted by Gasteiger charge is 2.06. The van der Waals surface area contributed by atoms with Gasteiger partial charge in [0, 0.05) is 18.1 Å². The summed E-state index contributed by atoms with van der Waals surface area (Å²) in [6.07, 6.45) is 5.62. The van der Waals surface area contributed by atoms with Crippen LogP contribution in [0.4, 0.5) is 5.69 Å². The molecule has 3 nitrogen and oxygen atoms in total.